The smallest absolute Gasteiger partial charge is 0.252 e. The van der Waals surface area contributed by atoms with Crippen molar-refractivity contribution < 1.29 is 18.4 Å². The molecule has 0 spiro atoms. The van der Waals surface area contributed by atoms with Gasteiger partial charge in [-0.2, -0.15) is 5.10 Å². The number of fused-ring (bicyclic) bond motifs is 1. The van der Waals surface area contributed by atoms with Gasteiger partial charge in [-0.15, -0.1) is 0 Å². The molecular formula is C21H22F2N6O2. The van der Waals surface area contributed by atoms with Gasteiger partial charge >= 0.3 is 0 Å². The Morgan fingerprint density at radius 1 is 1.23 bits per heavy atom. The van der Waals surface area contributed by atoms with Crippen molar-refractivity contribution in [3.8, 4) is 11.3 Å². The first-order chi connectivity index (χ1) is 14.6. The highest BCUT2D eigenvalue weighted by Gasteiger charge is 2.45. The van der Waals surface area contributed by atoms with Gasteiger partial charge < -0.3 is 15.5 Å². The first-order valence-corrected chi connectivity index (χ1v) is 9.73. The standard InChI is InChI=1S/C21H22F2N6O2/c1-11-9-15(29-17(11)19(24)25-10-26-29)13-5-6-14(22)18(16(13)23)27-7-8-28(12(2)30)21(3,4)20(27)31/h5-6,9-10H,7-8H2,1-4H3,(H2,24,25,26). The van der Waals surface area contributed by atoms with Crippen molar-refractivity contribution in [2.45, 2.75) is 33.2 Å². The number of piperazine rings is 1. The average molecular weight is 428 g/mol. The molecule has 162 valence electrons. The summed E-state index contributed by atoms with van der Waals surface area (Å²) < 4.78 is 32.0. The molecule has 10 heteroatoms. The SMILES string of the molecule is CC(=O)N1CCN(c2c(F)ccc(-c3cc(C)c4c(N)ncnn34)c2F)C(=O)C1(C)C. The number of nitrogens with two attached hydrogens (primary N) is 1. The number of aryl methyl sites for hydroxylation is 1. The second kappa shape index (κ2) is 7.00. The van der Waals surface area contributed by atoms with Crippen LogP contribution < -0.4 is 10.6 Å². The fraction of sp³-hybridized carbons (Fsp3) is 0.333. The molecule has 4 rings (SSSR count). The van der Waals surface area contributed by atoms with Crippen molar-refractivity contribution in [1.29, 1.82) is 0 Å². The zero-order valence-electron chi connectivity index (χ0n) is 17.6. The molecule has 1 fully saturated rings. The summed E-state index contributed by atoms with van der Waals surface area (Å²) in [5.41, 5.74) is 5.92. The Balaban J connectivity index is 1.87. The number of hydrogen-bond acceptors (Lipinski definition) is 5. The van der Waals surface area contributed by atoms with E-state index in [0.29, 0.717) is 11.2 Å². The monoisotopic (exact) mass is 428 g/mol. The summed E-state index contributed by atoms with van der Waals surface area (Å²) >= 11 is 0. The van der Waals surface area contributed by atoms with Crippen molar-refractivity contribution in [2.24, 2.45) is 0 Å². The number of nitrogen functional groups attached to an aromatic ring is 1. The molecule has 0 saturated carbocycles. The molecular weight excluding hydrogens is 406 g/mol. The second-order valence-electron chi connectivity index (χ2n) is 8.06. The molecule has 2 N–H and O–H groups in total. The molecule has 0 atom stereocenters. The molecule has 3 heterocycles. The zero-order valence-corrected chi connectivity index (χ0v) is 17.6. The van der Waals surface area contributed by atoms with E-state index >= 15 is 4.39 Å². The molecule has 0 bridgehead atoms. The van der Waals surface area contributed by atoms with Crippen LogP contribution in [-0.2, 0) is 9.59 Å². The lowest BCUT2D eigenvalue weighted by Crippen LogP contribution is -2.64. The lowest BCUT2D eigenvalue weighted by atomic mass is 9.96. The van der Waals surface area contributed by atoms with E-state index in [-0.39, 0.29) is 30.4 Å². The predicted molar refractivity (Wildman–Crippen MR) is 111 cm³/mol. The summed E-state index contributed by atoms with van der Waals surface area (Å²) in [6, 6.07) is 4.10. The molecule has 2 amide bonds. The molecule has 8 nitrogen and oxygen atoms in total. The summed E-state index contributed by atoms with van der Waals surface area (Å²) in [6.45, 7) is 6.41. The highest BCUT2D eigenvalue weighted by atomic mass is 19.1. The Bertz CT molecular complexity index is 1240. The second-order valence-corrected chi connectivity index (χ2v) is 8.06. The number of aromatic nitrogens is 3. The van der Waals surface area contributed by atoms with Crippen LogP contribution >= 0.6 is 0 Å². The first kappa shape index (κ1) is 20.7. The maximum atomic E-state index is 15.7. The van der Waals surface area contributed by atoms with Gasteiger partial charge in [0.2, 0.25) is 5.91 Å². The van der Waals surface area contributed by atoms with Crippen LogP contribution in [0, 0.1) is 18.6 Å². The van der Waals surface area contributed by atoms with Crippen LogP contribution in [0.5, 0.6) is 0 Å². The summed E-state index contributed by atoms with van der Waals surface area (Å²) in [4.78, 5) is 31.5. The number of halogens is 2. The number of rotatable bonds is 2. The van der Waals surface area contributed by atoms with E-state index in [9.17, 15) is 14.0 Å². The molecule has 31 heavy (non-hydrogen) atoms. The van der Waals surface area contributed by atoms with Crippen molar-refractivity contribution in [3.05, 3.63) is 41.7 Å². The fourth-order valence-electron chi connectivity index (χ4n) is 4.22. The van der Waals surface area contributed by atoms with Gasteiger partial charge in [0.05, 0.1) is 5.69 Å². The van der Waals surface area contributed by atoms with Crippen molar-refractivity contribution in [2.75, 3.05) is 23.7 Å². The maximum absolute atomic E-state index is 15.7. The number of carbonyl (C=O) groups is 2. The summed E-state index contributed by atoms with van der Waals surface area (Å²) in [7, 11) is 0. The van der Waals surface area contributed by atoms with Crippen molar-refractivity contribution >= 4 is 28.8 Å². The van der Waals surface area contributed by atoms with E-state index < -0.39 is 28.8 Å². The largest absolute Gasteiger partial charge is 0.382 e. The fourth-order valence-corrected chi connectivity index (χ4v) is 4.22. The van der Waals surface area contributed by atoms with Crippen LogP contribution in [0.2, 0.25) is 0 Å². The molecule has 0 aliphatic carbocycles. The number of carbonyl (C=O) groups excluding carboxylic acids is 2. The van der Waals surface area contributed by atoms with E-state index in [4.69, 9.17) is 5.73 Å². The quantitative estimate of drug-likeness (QED) is 0.677. The lowest BCUT2D eigenvalue weighted by molar-refractivity contribution is -0.145. The molecule has 3 aromatic rings. The van der Waals surface area contributed by atoms with Gasteiger partial charge in [0.15, 0.2) is 11.6 Å². The van der Waals surface area contributed by atoms with Crippen molar-refractivity contribution in [1.82, 2.24) is 19.5 Å². The van der Waals surface area contributed by atoms with Crippen LogP contribution in [0.1, 0.15) is 26.3 Å². The Kier molecular flexibility index (Phi) is 4.68. The third kappa shape index (κ3) is 3.01. The minimum Gasteiger partial charge on any atom is -0.382 e. The van der Waals surface area contributed by atoms with Crippen LogP contribution in [0.3, 0.4) is 0 Å². The minimum atomic E-state index is -1.24. The third-order valence-electron chi connectivity index (χ3n) is 5.76. The Morgan fingerprint density at radius 2 is 1.94 bits per heavy atom. The number of anilines is 2. The van der Waals surface area contributed by atoms with Gasteiger partial charge in [0, 0.05) is 25.6 Å². The maximum Gasteiger partial charge on any atom is 0.252 e. The van der Waals surface area contributed by atoms with E-state index in [2.05, 4.69) is 10.1 Å². The summed E-state index contributed by atoms with van der Waals surface area (Å²) in [6.07, 6.45) is 1.25. The van der Waals surface area contributed by atoms with Gasteiger partial charge in [-0.1, -0.05) is 0 Å². The van der Waals surface area contributed by atoms with E-state index in [1.165, 1.54) is 28.7 Å². The van der Waals surface area contributed by atoms with E-state index in [1.807, 2.05) is 0 Å². The van der Waals surface area contributed by atoms with E-state index in [0.717, 1.165) is 16.5 Å². The summed E-state index contributed by atoms with van der Waals surface area (Å²) in [5, 5.41) is 4.15. The van der Waals surface area contributed by atoms with Crippen LogP contribution in [0.4, 0.5) is 20.3 Å². The molecule has 0 radical (unpaired) electrons. The van der Waals surface area contributed by atoms with Gasteiger partial charge in [0.25, 0.3) is 5.91 Å². The first-order valence-electron chi connectivity index (χ1n) is 9.73. The molecule has 1 aliphatic heterocycles. The zero-order chi connectivity index (χ0) is 22.7. The minimum absolute atomic E-state index is 0.0256. The highest BCUT2D eigenvalue weighted by Crippen LogP contribution is 2.37. The number of nitrogens with zero attached hydrogens (tertiary/aromatic N) is 5. The topological polar surface area (TPSA) is 96.8 Å². The Labute approximate surface area is 177 Å². The molecule has 0 unspecified atom stereocenters. The molecule has 2 aromatic heterocycles. The Morgan fingerprint density at radius 3 is 2.61 bits per heavy atom. The normalized spacial score (nSPS) is 16.3. The van der Waals surface area contributed by atoms with Gasteiger partial charge in [-0.05, 0) is 44.5 Å². The Hall–Kier alpha value is -3.56. The van der Waals surface area contributed by atoms with Crippen LogP contribution in [0.15, 0.2) is 24.5 Å². The highest BCUT2D eigenvalue weighted by molar-refractivity contribution is 6.03. The van der Waals surface area contributed by atoms with Crippen LogP contribution in [0.25, 0.3) is 16.8 Å². The van der Waals surface area contributed by atoms with Gasteiger partial charge in [-0.25, -0.2) is 18.3 Å². The van der Waals surface area contributed by atoms with Gasteiger partial charge in [0.1, 0.15) is 28.9 Å². The molecule has 1 saturated heterocycles. The van der Waals surface area contributed by atoms with E-state index in [1.54, 1.807) is 26.8 Å². The summed E-state index contributed by atoms with van der Waals surface area (Å²) in [5.74, 6) is -2.36. The van der Waals surface area contributed by atoms with Crippen LogP contribution in [-0.4, -0.2) is 49.9 Å². The number of amides is 2. The number of hydrogen-bond donors (Lipinski definition) is 1. The average Bonchev–Trinajstić information content (AvgIpc) is 3.02. The lowest BCUT2D eigenvalue weighted by Gasteiger charge is -2.45. The van der Waals surface area contributed by atoms with Crippen molar-refractivity contribution in [3.63, 3.8) is 0 Å². The molecule has 1 aromatic carbocycles. The third-order valence-corrected chi connectivity index (χ3v) is 5.76. The molecule has 1 aliphatic rings. The number of benzene rings is 1. The van der Waals surface area contributed by atoms with Gasteiger partial charge in [-0.3, -0.25) is 9.59 Å². The predicted octanol–water partition coefficient (Wildman–Crippen LogP) is 2.54.